The molecule has 2 N–H and O–H groups in total. The number of hydrogen-bond donors (Lipinski definition) is 1. The Bertz CT molecular complexity index is 270. The van der Waals surface area contributed by atoms with Crippen molar-refractivity contribution in [3.63, 3.8) is 0 Å². The summed E-state index contributed by atoms with van der Waals surface area (Å²) < 4.78 is 6.18. The zero-order chi connectivity index (χ0) is 8.97. The van der Waals surface area contributed by atoms with Crippen LogP contribution in [0.4, 0.5) is 0 Å². The molecule has 0 radical (unpaired) electrons. The second-order valence-corrected chi connectivity index (χ2v) is 2.20. The van der Waals surface area contributed by atoms with Gasteiger partial charge in [-0.2, -0.15) is 0 Å². The summed E-state index contributed by atoms with van der Waals surface area (Å²) in [6.07, 6.45) is 1.52. The molecule has 6 nitrogen and oxygen atoms in total. The van der Waals surface area contributed by atoms with Gasteiger partial charge in [0.25, 0.3) is 5.88 Å². The third-order valence-electron chi connectivity index (χ3n) is 1.12. The average Bonchev–Trinajstić information content (AvgIpc) is 2.36. The van der Waals surface area contributed by atoms with Crippen LogP contribution in [0, 0.1) is 0 Å². The smallest absolute Gasteiger partial charge is 0.309 e. The molecule has 1 heterocycles. The summed E-state index contributed by atoms with van der Waals surface area (Å²) in [6, 6.07) is 0. The van der Waals surface area contributed by atoms with Crippen molar-refractivity contribution in [2.24, 2.45) is 5.73 Å². The first kappa shape index (κ1) is 8.66. The fourth-order valence-corrected chi connectivity index (χ4v) is 0.716. The maximum atomic E-state index is 10.5. The van der Waals surface area contributed by atoms with E-state index in [9.17, 15) is 4.79 Å². The summed E-state index contributed by atoms with van der Waals surface area (Å²) in [5.74, 6) is -0.203. The normalized spacial score (nSPS) is 9.83. The Morgan fingerprint density at radius 1 is 1.83 bits per heavy atom. The number of nitrogens with two attached hydrogens (primary N) is 1. The van der Waals surface area contributed by atoms with Crippen LogP contribution in [0.25, 0.3) is 0 Å². The maximum absolute atomic E-state index is 10.5. The molecule has 1 rings (SSSR count). The average molecular weight is 170 g/mol. The van der Waals surface area contributed by atoms with Gasteiger partial charge in [-0.1, -0.05) is 10.3 Å². The standard InChI is InChI=1S/C6H10N4O2/c1-5(11)12-6-4-10(3-2-7)9-8-6/h4H,2-3,7H2,1H3. The minimum Gasteiger partial charge on any atom is -0.404 e. The topological polar surface area (TPSA) is 83.0 Å². The number of hydrogen-bond acceptors (Lipinski definition) is 5. The summed E-state index contributed by atoms with van der Waals surface area (Å²) in [6.45, 7) is 2.35. The summed E-state index contributed by atoms with van der Waals surface area (Å²) in [5.41, 5.74) is 5.27. The van der Waals surface area contributed by atoms with Gasteiger partial charge in [0.1, 0.15) is 0 Å². The fraction of sp³-hybridized carbons (Fsp3) is 0.500. The maximum Gasteiger partial charge on any atom is 0.309 e. The van der Waals surface area contributed by atoms with Crippen molar-refractivity contribution in [3.8, 4) is 5.88 Å². The molecule has 1 aromatic heterocycles. The molecule has 0 spiro atoms. The highest BCUT2D eigenvalue weighted by molar-refractivity contribution is 5.68. The van der Waals surface area contributed by atoms with Crippen LogP contribution in [-0.2, 0) is 11.3 Å². The zero-order valence-electron chi connectivity index (χ0n) is 6.73. The largest absolute Gasteiger partial charge is 0.404 e. The Kier molecular flexibility index (Phi) is 2.76. The molecule has 0 bridgehead atoms. The summed E-state index contributed by atoms with van der Waals surface area (Å²) in [5, 5.41) is 7.26. The van der Waals surface area contributed by atoms with Crippen LogP contribution in [0.15, 0.2) is 6.20 Å². The molecule has 0 aliphatic heterocycles. The first-order valence-corrected chi connectivity index (χ1v) is 3.51. The van der Waals surface area contributed by atoms with E-state index < -0.39 is 5.97 Å². The van der Waals surface area contributed by atoms with Gasteiger partial charge in [-0.3, -0.25) is 4.79 Å². The molecule has 0 unspecified atom stereocenters. The van der Waals surface area contributed by atoms with Crippen LogP contribution in [0.3, 0.4) is 0 Å². The van der Waals surface area contributed by atoms with Crippen LogP contribution in [-0.4, -0.2) is 27.5 Å². The number of carbonyl (C=O) groups excluding carboxylic acids is 1. The quantitative estimate of drug-likeness (QED) is 0.598. The molecule has 66 valence electrons. The Balaban J connectivity index is 2.58. The lowest BCUT2D eigenvalue weighted by atomic mass is 10.6. The van der Waals surface area contributed by atoms with Gasteiger partial charge in [-0.05, 0) is 0 Å². The van der Waals surface area contributed by atoms with E-state index in [4.69, 9.17) is 5.73 Å². The van der Waals surface area contributed by atoms with Gasteiger partial charge in [0.05, 0.1) is 12.7 Å². The molecule has 0 saturated carbocycles. The van der Waals surface area contributed by atoms with E-state index in [1.165, 1.54) is 17.8 Å². The van der Waals surface area contributed by atoms with Gasteiger partial charge < -0.3 is 10.5 Å². The number of esters is 1. The zero-order valence-corrected chi connectivity index (χ0v) is 6.73. The van der Waals surface area contributed by atoms with Gasteiger partial charge in [0.15, 0.2) is 0 Å². The number of aromatic nitrogens is 3. The van der Waals surface area contributed by atoms with Crippen molar-refractivity contribution >= 4 is 5.97 Å². The van der Waals surface area contributed by atoms with Crippen LogP contribution in [0.5, 0.6) is 5.88 Å². The van der Waals surface area contributed by atoms with Gasteiger partial charge in [-0.15, -0.1) is 0 Å². The van der Waals surface area contributed by atoms with Crippen molar-refractivity contribution in [1.82, 2.24) is 15.0 Å². The number of nitrogens with zero attached hydrogens (tertiary/aromatic N) is 3. The number of carbonyl (C=O) groups is 1. The van der Waals surface area contributed by atoms with E-state index in [1.807, 2.05) is 0 Å². The SMILES string of the molecule is CC(=O)Oc1cn(CCN)nn1. The van der Waals surface area contributed by atoms with Gasteiger partial charge >= 0.3 is 5.97 Å². The molecule has 0 fully saturated rings. The lowest BCUT2D eigenvalue weighted by molar-refractivity contribution is -0.132. The van der Waals surface area contributed by atoms with Crippen molar-refractivity contribution in [1.29, 1.82) is 0 Å². The summed E-state index contributed by atoms with van der Waals surface area (Å²) in [7, 11) is 0. The summed E-state index contributed by atoms with van der Waals surface area (Å²) in [4.78, 5) is 10.5. The highest BCUT2D eigenvalue weighted by Crippen LogP contribution is 2.02. The summed E-state index contributed by atoms with van der Waals surface area (Å²) >= 11 is 0. The Labute approximate surface area is 69.3 Å². The van der Waals surface area contributed by atoms with Crippen molar-refractivity contribution in [2.75, 3.05) is 6.54 Å². The van der Waals surface area contributed by atoms with Crippen LogP contribution in [0.1, 0.15) is 6.92 Å². The molecule has 0 aromatic carbocycles. The molecular formula is C6H10N4O2. The van der Waals surface area contributed by atoms with Crippen molar-refractivity contribution in [3.05, 3.63) is 6.20 Å². The Hall–Kier alpha value is -1.43. The van der Waals surface area contributed by atoms with Gasteiger partial charge in [-0.25, -0.2) is 4.68 Å². The number of ether oxygens (including phenoxy) is 1. The lowest BCUT2D eigenvalue weighted by Crippen LogP contribution is -2.10. The Morgan fingerprint density at radius 2 is 2.58 bits per heavy atom. The molecule has 6 heteroatoms. The molecule has 12 heavy (non-hydrogen) atoms. The lowest BCUT2D eigenvalue weighted by Gasteiger charge is -1.93. The van der Waals surface area contributed by atoms with Crippen molar-refractivity contribution in [2.45, 2.75) is 13.5 Å². The highest BCUT2D eigenvalue weighted by Gasteiger charge is 2.02. The van der Waals surface area contributed by atoms with Gasteiger partial charge in [0, 0.05) is 13.5 Å². The van der Waals surface area contributed by atoms with E-state index in [-0.39, 0.29) is 5.88 Å². The first-order valence-electron chi connectivity index (χ1n) is 3.51. The van der Waals surface area contributed by atoms with Gasteiger partial charge in [0.2, 0.25) is 0 Å². The second-order valence-electron chi connectivity index (χ2n) is 2.20. The predicted molar refractivity (Wildman–Crippen MR) is 40.4 cm³/mol. The van der Waals surface area contributed by atoms with Crippen molar-refractivity contribution < 1.29 is 9.53 Å². The second kappa shape index (κ2) is 3.82. The minimum atomic E-state index is -0.408. The van der Waals surface area contributed by atoms with E-state index in [0.717, 1.165) is 0 Å². The van der Waals surface area contributed by atoms with Crippen LogP contribution < -0.4 is 10.5 Å². The molecule has 0 saturated heterocycles. The first-order chi connectivity index (χ1) is 5.72. The highest BCUT2D eigenvalue weighted by atomic mass is 16.5. The molecular weight excluding hydrogens is 160 g/mol. The van der Waals surface area contributed by atoms with Crippen LogP contribution >= 0.6 is 0 Å². The van der Waals surface area contributed by atoms with E-state index >= 15 is 0 Å². The van der Waals surface area contributed by atoms with E-state index in [0.29, 0.717) is 13.1 Å². The molecule has 0 atom stereocenters. The third kappa shape index (κ3) is 2.31. The minimum absolute atomic E-state index is 0.205. The fourth-order valence-electron chi connectivity index (χ4n) is 0.716. The molecule has 1 aromatic rings. The number of rotatable bonds is 3. The van der Waals surface area contributed by atoms with E-state index in [2.05, 4.69) is 15.0 Å². The third-order valence-corrected chi connectivity index (χ3v) is 1.12. The van der Waals surface area contributed by atoms with Crippen LogP contribution in [0.2, 0.25) is 0 Å². The molecule has 0 aliphatic rings. The Morgan fingerprint density at radius 3 is 3.17 bits per heavy atom. The van der Waals surface area contributed by atoms with E-state index in [1.54, 1.807) is 0 Å². The molecule has 0 aliphatic carbocycles. The molecule has 0 amide bonds. The monoisotopic (exact) mass is 170 g/mol. The predicted octanol–water partition coefficient (Wildman–Crippen LogP) is -0.838.